The molecule has 1 saturated carbocycles. The maximum Gasteiger partial charge on any atom is 0.289 e. The van der Waals surface area contributed by atoms with Crippen molar-refractivity contribution in [3.8, 4) is 0 Å². The van der Waals surface area contributed by atoms with Gasteiger partial charge in [-0.25, -0.2) is 0 Å². The molecule has 23 heavy (non-hydrogen) atoms. The Labute approximate surface area is 136 Å². The van der Waals surface area contributed by atoms with Crippen LogP contribution in [0.4, 0.5) is 0 Å². The average Bonchev–Trinajstić information content (AvgIpc) is 3.09. The van der Waals surface area contributed by atoms with Crippen molar-refractivity contribution >= 4 is 11.8 Å². The molecule has 1 aliphatic heterocycles. The fraction of sp³-hybridized carbons (Fsp3) is 0.647. The standard InChI is InChI=1S/C17H24N2O4/c20-15(13-17(22)6-2-1-3-7-17)18-8-10-19(11-9-18)16(21)14-5-4-12-23-14/h4-5,12,22H,1-3,6-11,13H2. The Morgan fingerprint density at radius 3 is 2.35 bits per heavy atom. The van der Waals surface area contributed by atoms with Crippen LogP contribution < -0.4 is 0 Å². The molecule has 2 heterocycles. The van der Waals surface area contributed by atoms with E-state index in [1.54, 1.807) is 21.9 Å². The summed E-state index contributed by atoms with van der Waals surface area (Å²) in [6.07, 6.45) is 6.26. The number of amides is 2. The highest BCUT2D eigenvalue weighted by atomic mass is 16.3. The van der Waals surface area contributed by atoms with E-state index in [-0.39, 0.29) is 18.2 Å². The van der Waals surface area contributed by atoms with Crippen molar-refractivity contribution in [1.29, 1.82) is 0 Å². The number of hydrogen-bond acceptors (Lipinski definition) is 4. The molecule has 6 nitrogen and oxygen atoms in total. The minimum atomic E-state index is -0.823. The van der Waals surface area contributed by atoms with Crippen molar-refractivity contribution in [1.82, 2.24) is 9.80 Å². The molecule has 1 aromatic rings. The van der Waals surface area contributed by atoms with Crippen LogP contribution in [0.2, 0.25) is 0 Å². The zero-order valence-electron chi connectivity index (χ0n) is 13.4. The molecular formula is C17H24N2O4. The number of rotatable bonds is 3. The van der Waals surface area contributed by atoms with Crippen LogP contribution in [0.1, 0.15) is 49.1 Å². The molecule has 2 fully saturated rings. The van der Waals surface area contributed by atoms with Gasteiger partial charge in [-0.3, -0.25) is 9.59 Å². The lowest BCUT2D eigenvalue weighted by Gasteiger charge is -2.37. The van der Waals surface area contributed by atoms with Crippen LogP contribution in [0.3, 0.4) is 0 Å². The summed E-state index contributed by atoms with van der Waals surface area (Å²) in [6.45, 7) is 2.04. The molecule has 2 amide bonds. The molecule has 0 spiro atoms. The smallest absolute Gasteiger partial charge is 0.289 e. The number of aliphatic hydroxyl groups is 1. The first-order valence-corrected chi connectivity index (χ1v) is 8.40. The Morgan fingerprint density at radius 1 is 1.09 bits per heavy atom. The number of carbonyl (C=O) groups is 2. The summed E-state index contributed by atoms with van der Waals surface area (Å²) in [7, 11) is 0. The molecule has 0 aromatic carbocycles. The summed E-state index contributed by atoms with van der Waals surface area (Å²) in [5.41, 5.74) is -0.823. The van der Waals surface area contributed by atoms with Gasteiger partial charge in [0.05, 0.1) is 18.3 Å². The fourth-order valence-corrected chi connectivity index (χ4v) is 3.49. The molecule has 1 aromatic heterocycles. The van der Waals surface area contributed by atoms with E-state index in [1.807, 2.05) is 0 Å². The molecule has 3 rings (SSSR count). The van der Waals surface area contributed by atoms with Crippen molar-refractivity contribution in [2.45, 2.75) is 44.1 Å². The molecule has 1 saturated heterocycles. The second kappa shape index (κ2) is 6.74. The first-order chi connectivity index (χ1) is 11.1. The Bertz CT molecular complexity index is 541. The third kappa shape index (κ3) is 3.75. The summed E-state index contributed by atoms with van der Waals surface area (Å²) in [6, 6.07) is 3.34. The van der Waals surface area contributed by atoms with Crippen LogP contribution in [-0.2, 0) is 4.79 Å². The number of furan rings is 1. The summed E-state index contributed by atoms with van der Waals surface area (Å²) in [5, 5.41) is 10.5. The molecule has 0 atom stereocenters. The SMILES string of the molecule is O=C(CC1(O)CCCCC1)N1CCN(C(=O)c2ccco2)CC1. The minimum absolute atomic E-state index is 0.000465. The van der Waals surface area contributed by atoms with Crippen LogP contribution in [-0.4, -0.2) is 58.5 Å². The maximum atomic E-state index is 12.4. The molecule has 1 aliphatic carbocycles. The first-order valence-electron chi connectivity index (χ1n) is 8.40. The van der Waals surface area contributed by atoms with E-state index < -0.39 is 5.60 Å². The Hall–Kier alpha value is -1.82. The van der Waals surface area contributed by atoms with Crippen molar-refractivity contribution in [2.75, 3.05) is 26.2 Å². The van der Waals surface area contributed by atoms with E-state index in [4.69, 9.17) is 4.42 Å². The highest BCUT2D eigenvalue weighted by Crippen LogP contribution is 2.31. The lowest BCUT2D eigenvalue weighted by Crippen LogP contribution is -2.52. The van der Waals surface area contributed by atoms with Crippen LogP contribution in [0.25, 0.3) is 0 Å². The number of carbonyl (C=O) groups excluding carboxylic acids is 2. The lowest BCUT2D eigenvalue weighted by atomic mass is 9.82. The molecule has 1 N–H and O–H groups in total. The van der Waals surface area contributed by atoms with Gasteiger partial charge in [0.1, 0.15) is 0 Å². The van der Waals surface area contributed by atoms with Crippen LogP contribution in [0.5, 0.6) is 0 Å². The van der Waals surface area contributed by atoms with Crippen molar-refractivity contribution in [3.05, 3.63) is 24.2 Å². The first kappa shape index (κ1) is 16.1. The van der Waals surface area contributed by atoms with Gasteiger partial charge in [0, 0.05) is 26.2 Å². The number of hydrogen-bond donors (Lipinski definition) is 1. The topological polar surface area (TPSA) is 74.0 Å². The third-order valence-electron chi connectivity index (χ3n) is 4.92. The zero-order chi connectivity index (χ0) is 16.3. The predicted molar refractivity (Wildman–Crippen MR) is 83.8 cm³/mol. The van der Waals surface area contributed by atoms with Crippen molar-refractivity contribution < 1.29 is 19.1 Å². The van der Waals surface area contributed by atoms with E-state index in [0.29, 0.717) is 31.9 Å². The van der Waals surface area contributed by atoms with Gasteiger partial charge in [-0.05, 0) is 25.0 Å². The Morgan fingerprint density at radius 2 is 1.74 bits per heavy atom. The van der Waals surface area contributed by atoms with E-state index in [1.165, 1.54) is 6.26 Å². The monoisotopic (exact) mass is 320 g/mol. The van der Waals surface area contributed by atoms with Gasteiger partial charge in [-0.15, -0.1) is 0 Å². The average molecular weight is 320 g/mol. The minimum Gasteiger partial charge on any atom is -0.459 e. The molecule has 2 aliphatic rings. The second-order valence-electron chi connectivity index (χ2n) is 6.61. The van der Waals surface area contributed by atoms with E-state index in [2.05, 4.69) is 0 Å². The van der Waals surface area contributed by atoms with Gasteiger partial charge in [0.2, 0.25) is 5.91 Å². The normalized spacial score (nSPS) is 21.3. The molecule has 0 radical (unpaired) electrons. The molecule has 0 unspecified atom stereocenters. The van der Waals surface area contributed by atoms with Crippen molar-refractivity contribution in [3.63, 3.8) is 0 Å². The van der Waals surface area contributed by atoms with Gasteiger partial charge in [0.15, 0.2) is 5.76 Å². The number of nitrogens with zero attached hydrogens (tertiary/aromatic N) is 2. The molecule has 0 bridgehead atoms. The zero-order valence-corrected chi connectivity index (χ0v) is 13.4. The van der Waals surface area contributed by atoms with Crippen LogP contribution in [0, 0.1) is 0 Å². The number of piperazine rings is 1. The highest BCUT2D eigenvalue weighted by Gasteiger charge is 2.34. The van der Waals surface area contributed by atoms with Gasteiger partial charge in [-0.1, -0.05) is 19.3 Å². The van der Waals surface area contributed by atoms with Crippen LogP contribution in [0.15, 0.2) is 22.8 Å². The highest BCUT2D eigenvalue weighted by molar-refractivity contribution is 5.91. The van der Waals surface area contributed by atoms with Crippen molar-refractivity contribution in [2.24, 2.45) is 0 Å². The summed E-state index contributed by atoms with van der Waals surface area (Å²) in [4.78, 5) is 28.1. The Kier molecular flexibility index (Phi) is 4.71. The third-order valence-corrected chi connectivity index (χ3v) is 4.92. The van der Waals surface area contributed by atoms with Gasteiger partial charge in [0.25, 0.3) is 5.91 Å². The second-order valence-corrected chi connectivity index (χ2v) is 6.61. The predicted octanol–water partition coefficient (Wildman–Crippen LogP) is 1.65. The van der Waals surface area contributed by atoms with Gasteiger partial charge >= 0.3 is 0 Å². The summed E-state index contributed by atoms with van der Waals surface area (Å²) in [5.74, 6) is 0.203. The molecule has 126 valence electrons. The van der Waals surface area contributed by atoms with E-state index in [0.717, 1.165) is 32.1 Å². The largest absolute Gasteiger partial charge is 0.459 e. The van der Waals surface area contributed by atoms with Crippen LogP contribution >= 0.6 is 0 Å². The van der Waals surface area contributed by atoms with E-state index in [9.17, 15) is 14.7 Å². The molecular weight excluding hydrogens is 296 g/mol. The molecule has 6 heteroatoms. The summed E-state index contributed by atoms with van der Waals surface area (Å²) >= 11 is 0. The Balaban J connectivity index is 1.50. The van der Waals surface area contributed by atoms with Gasteiger partial charge < -0.3 is 19.3 Å². The fourth-order valence-electron chi connectivity index (χ4n) is 3.49. The quantitative estimate of drug-likeness (QED) is 0.919. The van der Waals surface area contributed by atoms with E-state index >= 15 is 0 Å². The van der Waals surface area contributed by atoms with Gasteiger partial charge in [-0.2, -0.15) is 0 Å². The lowest BCUT2D eigenvalue weighted by molar-refractivity contribution is -0.139. The maximum absolute atomic E-state index is 12.4. The summed E-state index contributed by atoms with van der Waals surface area (Å²) < 4.78 is 5.13.